The number of nitrogens with one attached hydrogen (secondary N) is 2. The zero-order valence-corrected chi connectivity index (χ0v) is 16.9. The summed E-state index contributed by atoms with van der Waals surface area (Å²) in [5.41, 5.74) is 2.04. The molecule has 6 nitrogen and oxygen atoms in total. The van der Waals surface area contributed by atoms with Gasteiger partial charge in [0.1, 0.15) is 0 Å². The summed E-state index contributed by atoms with van der Waals surface area (Å²) >= 11 is 0. The van der Waals surface area contributed by atoms with Crippen LogP contribution in [0, 0.1) is 6.92 Å². The van der Waals surface area contributed by atoms with Crippen LogP contribution in [0.15, 0.2) is 53.4 Å². The molecule has 0 aromatic heterocycles. The highest BCUT2D eigenvalue weighted by Gasteiger charge is 2.24. The molecule has 1 heterocycles. The van der Waals surface area contributed by atoms with Crippen LogP contribution in [0.3, 0.4) is 0 Å². The van der Waals surface area contributed by atoms with E-state index in [1.165, 1.54) is 12.1 Å². The molecule has 1 fully saturated rings. The topological polar surface area (TPSA) is 78.5 Å². The third kappa shape index (κ3) is 5.00. The molecule has 1 unspecified atom stereocenters. The molecule has 27 heavy (non-hydrogen) atoms. The summed E-state index contributed by atoms with van der Waals surface area (Å²) in [6.45, 7) is 3.63. The van der Waals surface area contributed by atoms with Gasteiger partial charge in [0, 0.05) is 30.9 Å². The summed E-state index contributed by atoms with van der Waals surface area (Å²) in [7, 11) is -1.91. The lowest BCUT2D eigenvalue weighted by Crippen LogP contribution is -2.38. The van der Waals surface area contributed by atoms with Crippen molar-refractivity contribution >= 4 is 34.0 Å². The third-order valence-electron chi connectivity index (χ3n) is 4.62. The average molecular weight is 410 g/mol. The first-order valence-corrected chi connectivity index (χ1v) is 10.0. The molecule has 1 amide bonds. The number of halogens is 1. The number of aryl methyl sites for hydroxylation is 1. The zero-order chi connectivity index (χ0) is 18.7. The quantitative estimate of drug-likeness (QED) is 0.795. The first-order chi connectivity index (χ1) is 12.4. The Morgan fingerprint density at radius 3 is 2.30 bits per heavy atom. The highest BCUT2D eigenvalue weighted by Crippen LogP contribution is 2.18. The molecule has 0 aliphatic carbocycles. The molecule has 3 rings (SSSR count). The number of anilines is 1. The largest absolute Gasteiger partial charge is 0.337 e. The summed E-state index contributed by atoms with van der Waals surface area (Å²) in [5.74, 6) is -0.103. The van der Waals surface area contributed by atoms with Crippen molar-refractivity contribution in [1.82, 2.24) is 10.2 Å². The van der Waals surface area contributed by atoms with Gasteiger partial charge in [-0.05, 0) is 56.3 Å². The Kier molecular flexibility index (Phi) is 6.86. The molecule has 2 aromatic carbocycles. The molecule has 2 N–H and O–H groups in total. The number of hydrogen-bond donors (Lipinski definition) is 2. The summed E-state index contributed by atoms with van der Waals surface area (Å²) in [6, 6.07) is 13.3. The van der Waals surface area contributed by atoms with Crippen molar-refractivity contribution in [2.24, 2.45) is 0 Å². The highest BCUT2D eigenvalue weighted by atomic mass is 35.5. The van der Waals surface area contributed by atoms with Crippen LogP contribution in [0.4, 0.5) is 5.69 Å². The maximum atomic E-state index is 12.5. The second-order valence-corrected chi connectivity index (χ2v) is 8.24. The molecule has 0 saturated carbocycles. The molecule has 0 bridgehead atoms. The van der Waals surface area contributed by atoms with Crippen LogP contribution < -0.4 is 10.0 Å². The Balaban J connectivity index is 0.00000261. The van der Waals surface area contributed by atoms with Gasteiger partial charge < -0.3 is 10.2 Å². The van der Waals surface area contributed by atoms with Gasteiger partial charge in [-0.2, -0.15) is 0 Å². The minimum absolute atomic E-state index is 0. The zero-order valence-electron chi connectivity index (χ0n) is 15.3. The predicted octanol–water partition coefficient (Wildman–Crippen LogP) is 2.65. The maximum absolute atomic E-state index is 12.5. The van der Waals surface area contributed by atoms with Crippen molar-refractivity contribution in [3.63, 3.8) is 0 Å². The van der Waals surface area contributed by atoms with Gasteiger partial charge in [-0.1, -0.05) is 17.7 Å². The standard InChI is InChI=1S/C19H23N3O3S.ClH/c1-14-3-7-16(8-4-14)21-26(24,25)18-9-5-15(6-10-18)19(23)22(2)17-11-12-20-13-17;/h3-10,17,20-21H,11-13H2,1-2H3;1H. The average Bonchev–Trinajstić information content (AvgIpc) is 3.17. The van der Waals surface area contributed by atoms with Crippen molar-refractivity contribution in [2.45, 2.75) is 24.3 Å². The number of amides is 1. The number of benzene rings is 2. The summed E-state index contributed by atoms with van der Waals surface area (Å²) < 4.78 is 27.5. The van der Waals surface area contributed by atoms with E-state index >= 15 is 0 Å². The van der Waals surface area contributed by atoms with E-state index in [1.807, 2.05) is 19.1 Å². The Morgan fingerprint density at radius 1 is 1.11 bits per heavy atom. The third-order valence-corrected chi connectivity index (χ3v) is 6.01. The molecular formula is C19H24ClN3O3S. The van der Waals surface area contributed by atoms with Gasteiger partial charge in [-0.15, -0.1) is 12.4 Å². The number of carbonyl (C=O) groups is 1. The molecule has 0 spiro atoms. The summed E-state index contributed by atoms with van der Waals surface area (Å²) in [4.78, 5) is 14.4. The second-order valence-electron chi connectivity index (χ2n) is 6.56. The van der Waals surface area contributed by atoms with Gasteiger partial charge in [0.2, 0.25) is 0 Å². The molecule has 1 aliphatic heterocycles. The second kappa shape index (κ2) is 8.73. The SMILES string of the molecule is Cc1ccc(NS(=O)(=O)c2ccc(C(=O)N(C)C3CCNC3)cc2)cc1.Cl. The first kappa shape index (κ1) is 21.2. The fourth-order valence-electron chi connectivity index (χ4n) is 2.95. The van der Waals surface area contributed by atoms with E-state index in [-0.39, 0.29) is 29.3 Å². The van der Waals surface area contributed by atoms with Gasteiger partial charge in [0.25, 0.3) is 15.9 Å². The van der Waals surface area contributed by atoms with Crippen LogP contribution in [0.1, 0.15) is 22.3 Å². The van der Waals surface area contributed by atoms with Crippen molar-refractivity contribution < 1.29 is 13.2 Å². The number of likely N-dealkylation sites (N-methyl/N-ethyl adjacent to an activating group) is 1. The van der Waals surface area contributed by atoms with Crippen LogP contribution in [0.5, 0.6) is 0 Å². The summed E-state index contributed by atoms with van der Waals surface area (Å²) in [6.07, 6.45) is 0.926. The van der Waals surface area contributed by atoms with Crippen LogP contribution >= 0.6 is 12.4 Å². The molecule has 1 atom stereocenters. The van der Waals surface area contributed by atoms with E-state index in [4.69, 9.17) is 0 Å². The number of nitrogens with zero attached hydrogens (tertiary/aromatic N) is 1. The number of hydrogen-bond acceptors (Lipinski definition) is 4. The maximum Gasteiger partial charge on any atom is 0.261 e. The Morgan fingerprint density at radius 2 is 1.74 bits per heavy atom. The van der Waals surface area contributed by atoms with Gasteiger partial charge in [-0.3, -0.25) is 9.52 Å². The van der Waals surface area contributed by atoms with E-state index in [0.29, 0.717) is 11.3 Å². The van der Waals surface area contributed by atoms with E-state index in [2.05, 4.69) is 10.0 Å². The van der Waals surface area contributed by atoms with Crippen molar-refractivity contribution in [3.8, 4) is 0 Å². The van der Waals surface area contributed by atoms with E-state index in [0.717, 1.165) is 25.1 Å². The normalized spacial score (nSPS) is 16.4. The minimum Gasteiger partial charge on any atom is -0.337 e. The highest BCUT2D eigenvalue weighted by molar-refractivity contribution is 7.92. The van der Waals surface area contributed by atoms with Crippen molar-refractivity contribution in [2.75, 3.05) is 24.9 Å². The molecule has 1 saturated heterocycles. The van der Waals surface area contributed by atoms with Crippen LogP contribution in [-0.4, -0.2) is 45.4 Å². The molecular weight excluding hydrogens is 386 g/mol. The molecule has 1 aliphatic rings. The number of sulfonamides is 1. The molecule has 0 radical (unpaired) electrons. The van der Waals surface area contributed by atoms with Gasteiger partial charge in [0.05, 0.1) is 4.90 Å². The molecule has 8 heteroatoms. The van der Waals surface area contributed by atoms with E-state index in [9.17, 15) is 13.2 Å². The molecule has 146 valence electrons. The van der Waals surface area contributed by atoms with Gasteiger partial charge in [0.15, 0.2) is 0 Å². The number of rotatable bonds is 5. The van der Waals surface area contributed by atoms with Crippen molar-refractivity contribution in [1.29, 1.82) is 0 Å². The van der Waals surface area contributed by atoms with Crippen LogP contribution in [0.2, 0.25) is 0 Å². The van der Waals surface area contributed by atoms with E-state index < -0.39 is 10.0 Å². The molecule has 2 aromatic rings. The summed E-state index contributed by atoms with van der Waals surface area (Å²) in [5, 5.41) is 3.23. The smallest absolute Gasteiger partial charge is 0.261 e. The minimum atomic E-state index is -3.69. The van der Waals surface area contributed by atoms with Crippen LogP contribution in [0.25, 0.3) is 0 Å². The fraction of sp³-hybridized carbons (Fsp3) is 0.316. The van der Waals surface area contributed by atoms with Gasteiger partial charge >= 0.3 is 0 Å². The van der Waals surface area contributed by atoms with Gasteiger partial charge in [-0.25, -0.2) is 8.42 Å². The predicted molar refractivity (Wildman–Crippen MR) is 109 cm³/mol. The van der Waals surface area contributed by atoms with Crippen LogP contribution in [-0.2, 0) is 10.0 Å². The Bertz CT molecular complexity index is 877. The lowest BCUT2D eigenvalue weighted by Gasteiger charge is -2.23. The number of carbonyl (C=O) groups excluding carboxylic acids is 1. The lowest BCUT2D eigenvalue weighted by atomic mass is 10.1. The fourth-order valence-corrected chi connectivity index (χ4v) is 4.01. The first-order valence-electron chi connectivity index (χ1n) is 8.54. The Labute approximate surface area is 166 Å². The lowest BCUT2D eigenvalue weighted by molar-refractivity contribution is 0.0743. The van der Waals surface area contributed by atoms with E-state index in [1.54, 1.807) is 36.2 Å². The Hall–Kier alpha value is -2.09. The van der Waals surface area contributed by atoms with Crippen molar-refractivity contribution in [3.05, 3.63) is 59.7 Å². The monoisotopic (exact) mass is 409 g/mol.